The van der Waals surface area contributed by atoms with Crippen molar-refractivity contribution in [2.75, 3.05) is 5.75 Å². The van der Waals surface area contributed by atoms with E-state index in [1.54, 1.807) is 28.8 Å². The van der Waals surface area contributed by atoms with E-state index in [0.717, 1.165) is 22.4 Å². The lowest BCUT2D eigenvalue weighted by molar-refractivity contribution is -0.141. The Labute approximate surface area is 228 Å². The van der Waals surface area contributed by atoms with Crippen LogP contribution in [-0.4, -0.2) is 34.6 Å². The summed E-state index contributed by atoms with van der Waals surface area (Å²) in [5.41, 5.74) is 1.74. The molecule has 0 saturated carbocycles. The van der Waals surface area contributed by atoms with Crippen LogP contribution >= 0.6 is 35.0 Å². The molecule has 0 fully saturated rings. The van der Waals surface area contributed by atoms with Gasteiger partial charge in [0.2, 0.25) is 11.8 Å². The molecule has 1 N–H and O–H groups in total. The highest BCUT2D eigenvalue weighted by Gasteiger charge is 2.31. The minimum absolute atomic E-state index is 0.000446. The highest BCUT2D eigenvalue weighted by atomic mass is 35.5. The van der Waals surface area contributed by atoms with Crippen molar-refractivity contribution in [2.45, 2.75) is 56.6 Å². The number of thioether (sulfide) groups is 1. The minimum atomic E-state index is -0.678. The second-order valence-corrected chi connectivity index (χ2v) is 10.7. The van der Waals surface area contributed by atoms with Gasteiger partial charge in [-0.2, -0.15) is 0 Å². The van der Waals surface area contributed by atoms with Crippen LogP contribution in [0.25, 0.3) is 0 Å². The van der Waals surface area contributed by atoms with E-state index >= 15 is 0 Å². The fourth-order valence-corrected chi connectivity index (χ4v) is 5.08. The van der Waals surface area contributed by atoms with Gasteiger partial charge in [0.15, 0.2) is 0 Å². The number of rotatable bonds is 12. The molecule has 0 bridgehead atoms. The van der Waals surface area contributed by atoms with Gasteiger partial charge in [0.1, 0.15) is 6.04 Å². The number of nitrogens with one attached hydrogen (secondary N) is 1. The zero-order valence-electron chi connectivity index (χ0n) is 20.6. The maximum absolute atomic E-state index is 13.7. The molecular weight excluding hydrogens is 511 g/mol. The highest BCUT2D eigenvalue weighted by Crippen LogP contribution is 2.25. The second kappa shape index (κ2) is 14.3. The van der Waals surface area contributed by atoms with Crippen LogP contribution in [0.15, 0.2) is 83.8 Å². The smallest absolute Gasteiger partial charge is 0.243 e. The van der Waals surface area contributed by atoms with Crippen molar-refractivity contribution in [3.8, 4) is 0 Å². The van der Waals surface area contributed by atoms with E-state index in [1.165, 1.54) is 0 Å². The molecule has 0 spiro atoms. The van der Waals surface area contributed by atoms with Crippen LogP contribution in [0.5, 0.6) is 0 Å². The lowest BCUT2D eigenvalue weighted by Gasteiger charge is -2.32. The SMILES string of the molecule is CCC(C)NC(=O)C(Cc1ccccc1)N(Cc1ccc(Cl)cc1Cl)C(=O)CCSc1ccccc1. The standard InChI is InChI=1S/C29H32Cl2N2O2S/c1-3-21(2)32-29(35)27(18-22-10-6-4-7-11-22)33(20-23-14-15-24(30)19-26(23)31)28(34)16-17-36-25-12-8-5-9-13-25/h4-15,19,21,27H,3,16-18,20H2,1-2H3,(H,32,35). The summed E-state index contributed by atoms with van der Waals surface area (Å²) in [4.78, 5) is 30.0. The first-order valence-corrected chi connectivity index (χ1v) is 13.9. The fourth-order valence-electron chi connectivity index (χ4n) is 3.75. The second-order valence-electron chi connectivity index (χ2n) is 8.69. The Morgan fingerprint density at radius 2 is 1.64 bits per heavy atom. The molecule has 0 aliphatic rings. The van der Waals surface area contributed by atoms with Crippen LogP contribution in [0.4, 0.5) is 0 Å². The number of carbonyl (C=O) groups excluding carboxylic acids is 2. The molecule has 3 aromatic rings. The average molecular weight is 544 g/mol. The number of halogens is 2. The molecule has 2 unspecified atom stereocenters. The molecule has 0 aromatic heterocycles. The van der Waals surface area contributed by atoms with Crippen LogP contribution in [0.2, 0.25) is 10.0 Å². The molecule has 190 valence electrons. The maximum atomic E-state index is 13.7. The van der Waals surface area contributed by atoms with Crippen molar-refractivity contribution in [3.63, 3.8) is 0 Å². The summed E-state index contributed by atoms with van der Waals surface area (Å²) in [5, 5.41) is 4.08. The largest absolute Gasteiger partial charge is 0.352 e. The van der Waals surface area contributed by atoms with Gasteiger partial charge >= 0.3 is 0 Å². The Balaban J connectivity index is 1.89. The maximum Gasteiger partial charge on any atom is 0.243 e. The molecule has 0 radical (unpaired) electrons. The molecular formula is C29H32Cl2N2O2S. The summed E-state index contributed by atoms with van der Waals surface area (Å²) in [5.74, 6) is 0.352. The fraction of sp³-hybridized carbons (Fsp3) is 0.310. The monoisotopic (exact) mass is 542 g/mol. The number of amides is 2. The first-order chi connectivity index (χ1) is 17.4. The van der Waals surface area contributed by atoms with Gasteiger partial charge in [-0.1, -0.05) is 84.7 Å². The Morgan fingerprint density at radius 3 is 2.28 bits per heavy atom. The van der Waals surface area contributed by atoms with Gasteiger partial charge in [-0.3, -0.25) is 9.59 Å². The van der Waals surface area contributed by atoms with Crippen molar-refractivity contribution >= 4 is 46.8 Å². The Morgan fingerprint density at radius 1 is 0.972 bits per heavy atom. The van der Waals surface area contributed by atoms with E-state index < -0.39 is 6.04 Å². The first kappa shape index (κ1) is 28.1. The molecule has 0 aliphatic heterocycles. The normalized spacial score (nSPS) is 12.6. The van der Waals surface area contributed by atoms with Gasteiger partial charge in [0.25, 0.3) is 0 Å². The number of carbonyl (C=O) groups is 2. The van der Waals surface area contributed by atoms with E-state index in [1.807, 2.05) is 80.6 Å². The van der Waals surface area contributed by atoms with Crippen molar-refractivity contribution in [3.05, 3.63) is 100 Å². The van der Waals surface area contributed by atoms with Gasteiger partial charge in [0, 0.05) is 46.1 Å². The summed E-state index contributed by atoms with van der Waals surface area (Å²) in [6.07, 6.45) is 1.51. The number of hydrogen-bond donors (Lipinski definition) is 1. The number of benzene rings is 3. The van der Waals surface area contributed by atoms with E-state index in [-0.39, 0.29) is 24.4 Å². The van der Waals surface area contributed by atoms with Gasteiger partial charge < -0.3 is 10.2 Å². The molecule has 7 heteroatoms. The van der Waals surface area contributed by atoms with Crippen molar-refractivity contribution < 1.29 is 9.59 Å². The van der Waals surface area contributed by atoms with Gasteiger partial charge in [0.05, 0.1) is 0 Å². The summed E-state index contributed by atoms with van der Waals surface area (Å²) < 4.78 is 0. The van der Waals surface area contributed by atoms with Crippen LogP contribution in [0.1, 0.15) is 37.8 Å². The zero-order chi connectivity index (χ0) is 25.9. The molecule has 3 rings (SSSR count). The molecule has 36 heavy (non-hydrogen) atoms. The van der Waals surface area contributed by atoms with Gasteiger partial charge in [-0.25, -0.2) is 0 Å². The predicted octanol–water partition coefficient (Wildman–Crippen LogP) is 7.03. The third-order valence-corrected chi connectivity index (χ3v) is 7.56. The van der Waals surface area contributed by atoms with Crippen LogP contribution < -0.4 is 5.32 Å². The summed E-state index contributed by atoms with van der Waals surface area (Å²) >= 11 is 14.2. The molecule has 0 aliphatic carbocycles. The Bertz CT molecular complexity index is 1130. The third-order valence-electron chi connectivity index (χ3n) is 5.96. The molecule has 2 amide bonds. The summed E-state index contributed by atoms with van der Waals surface area (Å²) in [7, 11) is 0. The number of hydrogen-bond acceptors (Lipinski definition) is 3. The van der Waals surface area contributed by atoms with E-state index in [0.29, 0.717) is 28.6 Å². The molecule has 4 nitrogen and oxygen atoms in total. The van der Waals surface area contributed by atoms with Gasteiger partial charge in [-0.05, 0) is 48.7 Å². The Kier molecular flexibility index (Phi) is 11.2. The van der Waals surface area contributed by atoms with Crippen molar-refractivity contribution in [2.24, 2.45) is 0 Å². The van der Waals surface area contributed by atoms with Gasteiger partial charge in [-0.15, -0.1) is 11.8 Å². The lowest BCUT2D eigenvalue weighted by Crippen LogP contribution is -2.52. The van der Waals surface area contributed by atoms with E-state index in [2.05, 4.69) is 5.32 Å². The third kappa shape index (κ3) is 8.58. The molecule has 0 saturated heterocycles. The Hall–Kier alpha value is -2.47. The average Bonchev–Trinajstić information content (AvgIpc) is 2.88. The quantitative estimate of drug-likeness (QED) is 0.250. The van der Waals surface area contributed by atoms with Crippen LogP contribution in [0.3, 0.4) is 0 Å². The van der Waals surface area contributed by atoms with E-state index in [4.69, 9.17) is 23.2 Å². The molecule has 0 heterocycles. The summed E-state index contributed by atoms with van der Waals surface area (Å²) in [6, 6.07) is 24.3. The van der Waals surface area contributed by atoms with Crippen LogP contribution in [0, 0.1) is 0 Å². The first-order valence-electron chi connectivity index (χ1n) is 12.1. The highest BCUT2D eigenvalue weighted by molar-refractivity contribution is 7.99. The van der Waals surface area contributed by atoms with E-state index in [9.17, 15) is 9.59 Å². The van der Waals surface area contributed by atoms with Crippen LogP contribution in [-0.2, 0) is 22.6 Å². The van der Waals surface area contributed by atoms with Crippen molar-refractivity contribution in [1.82, 2.24) is 10.2 Å². The topological polar surface area (TPSA) is 49.4 Å². The molecule has 2 atom stereocenters. The summed E-state index contributed by atoms with van der Waals surface area (Å²) in [6.45, 7) is 4.21. The molecule has 3 aromatic carbocycles. The van der Waals surface area contributed by atoms with Crippen molar-refractivity contribution in [1.29, 1.82) is 0 Å². The zero-order valence-corrected chi connectivity index (χ0v) is 23.0. The number of nitrogens with zero attached hydrogens (tertiary/aromatic N) is 1. The predicted molar refractivity (Wildman–Crippen MR) is 151 cm³/mol. The lowest BCUT2D eigenvalue weighted by atomic mass is 10.0. The minimum Gasteiger partial charge on any atom is -0.352 e.